The van der Waals surface area contributed by atoms with Gasteiger partial charge in [-0.05, 0) is 24.3 Å². The van der Waals surface area contributed by atoms with Crippen molar-refractivity contribution in [2.75, 3.05) is 13.3 Å². The number of rotatable bonds is 5. The van der Waals surface area contributed by atoms with Crippen molar-refractivity contribution in [3.05, 3.63) is 23.8 Å². The molecule has 1 saturated carbocycles. The van der Waals surface area contributed by atoms with Crippen LogP contribution >= 0.6 is 0 Å². The van der Waals surface area contributed by atoms with Gasteiger partial charge in [-0.2, -0.15) is 5.26 Å². The second-order valence-corrected chi connectivity index (χ2v) is 5.09. The van der Waals surface area contributed by atoms with E-state index < -0.39 is 0 Å². The molecule has 1 fully saturated rings. The van der Waals surface area contributed by atoms with E-state index in [0.29, 0.717) is 13.2 Å². The molecule has 0 atom stereocenters. The molecule has 0 aromatic heterocycles. The van der Waals surface area contributed by atoms with Crippen molar-refractivity contribution in [3.8, 4) is 17.6 Å². The Morgan fingerprint density at radius 3 is 3.00 bits per heavy atom. The first kappa shape index (κ1) is 11.4. The minimum atomic E-state index is 0.240. The summed E-state index contributed by atoms with van der Waals surface area (Å²) in [5, 5.41) is 12.2. The number of nitrogens with zero attached hydrogens (tertiary/aromatic N) is 1. The first-order chi connectivity index (χ1) is 8.83. The summed E-state index contributed by atoms with van der Waals surface area (Å²) in [5.74, 6) is 1.68. The average molecular weight is 244 g/mol. The smallest absolute Gasteiger partial charge is 0.231 e. The molecule has 4 heteroatoms. The Balaban J connectivity index is 1.58. The minimum absolute atomic E-state index is 0.240. The van der Waals surface area contributed by atoms with Crippen LogP contribution in [0.4, 0.5) is 0 Å². The maximum Gasteiger partial charge on any atom is 0.231 e. The van der Waals surface area contributed by atoms with Gasteiger partial charge in [0.1, 0.15) is 0 Å². The number of hydrogen-bond donors (Lipinski definition) is 1. The molecule has 0 unspecified atom stereocenters. The van der Waals surface area contributed by atoms with Gasteiger partial charge in [0.25, 0.3) is 0 Å². The summed E-state index contributed by atoms with van der Waals surface area (Å²) in [7, 11) is 0. The third-order valence-electron chi connectivity index (χ3n) is 3.70. The van der Waals surface area contributed by atoms with Crippen LogP contribution in [0.15, 0.2) is 18.2 Å². The predicted molar refractivity (Wildman–Crippen MR) is 66.2 cm³/mol. The predicted octanol–water partition coefficient (Wildman–Crippen LogP) is 2.20. The number of fused-ring (bicyclic) bond motifs is 1. The fraction of sp³-hybridized carbons (Fsp3) is 0.500. The molecule has 0 amide bonds. The summed E-state index contributed by atoms with van der Waals surface area (Å²) in [6, 6.07) is 8.22. The van der Waals surface area contributed by atoms with E-state index in [9.17, 15) is 0 Å². The molecule has 0 spiro atoms. The lowest BCUT2D eigenvalue weighted by molar-refractivity contribution is 0.173. The molecule has 1 N–H and O–H groups in total. The molecule has 1 aromatic carbocycles. The van der Waals surface area contributed by atoms with Crippen LogP contribution < -0.4 is 14.8 Å². The lowest BCUT2D eigenvalue weighted by Gasteiger charge is -2.13. The zero-order valence-corrected chi connectivity index (χ0v) is 10.2. The molecular formula is C14H16N2O2. The minimum Gasteiger partial charge on any atom is -0.454 e. The lowest BCUT2D eigenvalue weighted by atomic mass is 10.0. The first-order valence-corrected chi connectivity index (χ1v) is 6.28. The van der Waals surface area contributed by atoms with E-state index in [1.165, 1.54) is 12.8 Å². The molecule has 0 radical (unpaired) electrons. The average Bonchev–Trinajstić information content (AvgIpc) is 2.96. The Hall–Kier alpha value is -1.73. The Labute approximate surface area is 107 Å². The second kappa shape index (κ2) is 4.51. The summed E-state index contributed by atoms with van der Waals surface area (Å²) in [6.45, 7) is 1.98. The molecule has 3 rings (SSSR count). The zero-order chi connectivity index (χ0) is 12.4. The Morgan fingerprint density at radius 2 is 2.22 bits per heavy atom. The molecular weight excluding hydrogens is 228 g/mol. The third kappa shape index (κ3) is 2.14. The number of ether oxygens (including phenoxy) is 2. The quantitative estimate of drug-likeness (QED) is 0.862. The molecule has 94 valence electrons. The SMILES string of the molecule is N#CCC1(CNCc2cccc3c2OCO3)CC1. The summed E-state index contributed by atoms with van der Waals surface area (Å²) in [5.41, 5.74) is 1.36. The topological polar surface area (TPSA) is 54.3 Å². The highest BCUT2D eigenvalue weighted by Crippen LogP contribution is 2.48. The van der Waals surface area contributed by atoms with Crippen molar-refractivity contribution >= 4 is 0 Å². The number of nitrogens with one attached hydrogen (secondary N) is 1. The molecule has 1 aromatic rings. The summed E-state index contributed by atoms with van der Waals surface area (Å²) in [6.07, 6.45) is 2.99. The fourth-order valence-corrected chi connectivity index (χ4v) is 2.35. The van der Waals surface area contributed by atoms with E-state index in [0.717, 1.165) is 30.2 Å². The normalized spacial score (nSPS) is 18.4. The van der Waals surface area contributed by atoms with Gasteiger partial charge >= 0.3 is 0 Å². The van der Waals surface area contributed by atoms with Gasteiger partial charge in [-0.3, -0.25) is 0 Å². The van der Waals surface area contributed by atoms with E-state index in [2.05, 4.69) is 11.4 Å². The number of benzene rings is 1. The second-order valence-electron chi connectivity index (χ2n) is 5.09. The molecule has 1 heterocycles. The van der Waals surface area contributed by atoms with Crippen molar-refractivity contribution in [3.63, 3.8) is 0 Å². The van der Waals surface area contributed by atoms with Crippen molar-refractivity contribution in [2.45, 2.75) is 25.8 Å². The number of nitriles is 1. The van der Waals surface area contributed by atoms with E-state index in [4.69, 9.17) is 14.7 Å². The first-order valence-electron chi connectivity index (χ1n) is 6.28. The van der Waals surface area contributed by atoms with Gasteiger partial charge in [-0.15, -0.1) is 0 Å². The van der Waals surface area contributed by atoms with Gasteiger partial charge in [0, 0.05) is 25.1 Å². The lowest BCUT2D eigenvalue weighted by Crippen LogP contribution is -2.23. The van der Waals surface area contributed by atoms with Crippen LogP contribution in [0.3, 0.4) is 0 Å². The van der Waals surface area contributed by atoms with Crippen LogP contribution in [0, 0.1) is 16.7 Å². The molecule has 1 aliphatic heterocycles. The molecule has 2 aliphatic rings. The highest BCUT2D eigenvalue weighted by atomic mass is 16.7. The molecule has 1 aliphatic carbocycles. The van der Waals surface area contributed by atoms with Crippen LogP contribution in [0.25, 0.3) is 0 Å². The largest absolute Gasteiger partial charge is 0.454 e. The highest BCUT2D eigenvalue weighted by molar-refractivity contribution is 5.48. The monoisotopic (exact) mass is 244 g/mol. The zero-order valence-electron chi connectivity index (χ0n) is 10.2. The van der Waals surface area contributed by atoms with Crippen molar-refractivity contribution in [2.24, 2.45) is 5.41 Å². The van der Waals surface area contributed by atoms with E-state index >= 15 is 0 Å². The molecule has 4 nitrogen and oxygen atoms in total. The molecule has 18 heavy (non-hydrogen) atoms. The number of para-hydroxylation sites is 1. The van der Waals surface area contributed by atoms with E-state index in [1.807, 2.05) is 18.2 Å². The van der Waals surface area contributed by atoms with Crippen LogP contribution in [-0.2, 0) is 6.54 Å². The standard InChI is InChI=1S/C14H16N2O2/c15-7-6-14(4-5-14)9-16-8-11-2-1-3-12-13(11)18-10-17-12/h1-3,16H,4-6,8-10H2. The Bertz CT molecular complexity index is 489. The maximum absolute atomic E-state index is 8.77. The Kier molecular flexibility index (Phi) is 2.85. The highest BCUT2D eigenvalue weighted by Gasteiger charge is 2.41. The summed E-state index contributed by atoms with van der Waals surface area (Å²) < 4.78 is 10.8. The van der Waals surface area contributed by atoms with E-state index in [-0.39, 0.29) is 5.41 Å². The molecule has 0 bridgehead atoms. The third-order valence-corrected chi connectivity index (χ3v) is 3.70. The summed E-state index contributed by atoms with van der Waals surface area (Å²) >= 11 is 0. The van der Waals surface area contributed by atoms with Crippen LogP contribution in [0.5, 0.6) is 11.5 Å². The van der Waals surface area contributed by atoms with Crippen LogP contribution in [0.2, 0.25) is 0 Å². The van der Waals surface area contributed by atoms with Crippen LogP contribution in [0.1, 0.15) is 24.8 Å². The van der Waals surface area contributed by atoms with E-state index in [1.54, 1.807) is 0 Å². The van der Waals surface area contributed by atoms with Crippen molar-refractivity contribution in [1.82, 2.24) is 5.32 Å². The Morgan fingerprint density at radius 1 is 1.33 bits per heavy atom. The van der Waals surface area contributed by atoms with Crippen LogP contribution in [-0.4, -0.2) is 13.3 Å². The van der Waals surface area contributed by atoms with Gasteiger partial charge in [-0.25, -0.2) is 0 Å². The van der Waals surface area contributed by atoms with Gasteiger partial charge < -0.3 is 14.8 Å². The summed E-state index contributed by atoms with van der Waals surface area (Å²) in [4.78, 5) is 0. The van der Waals surface area contributed by atoms with Gasteiger partial charge in [0.15, 0.2) is 11.5 Å². The van der Waals surface area contributed by atoms with Crippen molar-refractivity contribution in [1.29, 1.82) is 5.26 Å². The van der Waals surface area contributed by atoms with Gasteiger partial charge in [-0.1, -0.05) is 12.1 Å². The van der Waals surface area contributed by atoms with Crippen molar-refractivity contribution < 1.29 is 9.47 Å². The van der Waals surface area contributed by atoms with Gasteiger partial charge in [0.05, 0.1) is 6.07 Å². The van der Waals surface area contributed by atoms with Gasteiger partial charge in [0.2, 0.25) is 6.79 Å². The fourth-order valence-electron chi connectivity index (χ4n) is 2.35. The molecule has 0 saturated heterocycles. The maximum atomic E-state index is 8.77. The number of hydrogen-bond acceptors (Lipinski definition) is 4.